The maximum Gasteiger partial charge on any atom is 0.324 e. The minimum Gasteiger partial charge on any atom is -0.468 e. The van der Waals surface area contributed by atoms with Crippen LogP contribution in [0.15, 0.2) is 0 Å². The van der Waals surface area contributed by atoms with E-state index in [2.05, 4.69) is 37.9 Å². The number of methoxy groups -OCH3 is 1. The number of carbonyl (C=O) groups excluding carboxylic acids is 1. The summed E-state index contributed by atoms with van der Waals surface area (Å²) in [6.07, 6.45) is 2.67. The first kappa shape index (κ1) is 15.4. The summed E-state index contributed by atoms with van der Waals surface area (Å²) in [7, 11) is 1.46. The Kier molecular flexibility index (Phi) is 6.09. The molecule has 1 aliphatic rings. The summed E-state index contributed by atoms with van der Waals surface area (Å²) in [6, 6.07) is 0.520. The van der Waals surface area contributed by atoms with Gasteiger partial charge in [0.05, 0.1) is 7.11 Å². The summed E-state index contributed by atoms with van der Waals surface area (Å²) in [5.41, 5.74) is 0. The van der Waals surface area contributed by atoms with Crippen LogP contribution in [0.3, 0.4) is 0 Å². The highest BCUT2D eigenvalue weighted by atomic mass is 16.5. The fraction of sp³-hybridized carbons (Fsp3) is 0.929. The number of nitrogens with zero attached hydrogens (tertiary/aromatic N) is 1. The summed E-state index contributed by atoms with van der Waals surface area (Å²) < 4.78 is 4.89. The van der Waals surface area contributed by atoms with Gasteiger partial charge in [0.2, 0.25) is 0 Å². The molecule has 1 unspecified atom stereocenters. The van der Waals surface area contributed by atoms with Gasteiger partial charge < -0.3 is 10.1 Å². The lowest BCUT2D eigenvalue weighted by molar-refractivity contribution is -0.144. The van der Waals surface area contributed by atoms with E-state index in [-0.39, 0.29) is 18.1 Å². The van der Waals surface area contributed by atoms with Gasteiger partial charge in [-0.2, -0.15) is 0 Å². The maximum atomic E-state index is 11.8. The Morgan fingerprint density at radius 3 is 2.33 bits per heavy atom. The van der Waals surface area contributed by atoms with Crippen molar-refractivity contribution in [2.24, 2.45) is 5.92 Å². The van der Waals surface area contributed by atoms with Crippen molar-refractivity contribution in [2.75, 3.05) is 20.2 Å². The topological polar surface area (TPSA) is 41.6 Å². The van der Waals surface area contributed by atoms with Crippen molar-refractivity contribution in [1.82, 2.24) is 10.2 Å². The summed E-state index contributed by atoms with van der Waals surface area (Å²) in [4.78, 5) is 14.2. The van der Waals surface area contributed by atoms with Crippen molar-refractivity contribution in [3.8, 4) is 0 Å². The molecule has 0 heterocycles. The third-order valence-corrected chi connectivity index (χ3v) is 3.36. The molecule has 0 spiro atoms. The van der Waals surface area contributed by atoms with Crippen molar-refractivity contribution < 1.29 is 9.53 Å². The van der Waals surface area contributed by atoms with Crippen molar-refractivity contribution in [3.63, 3.8) is 0 Å². The van der Waals surface area contributed by atoms with Gasteiger partial charge in [-0.1, -0.05) is 13.8 Å². The second kappa shape index (κ2) is 7.10. The zero-order chi connectivity index (χ0) is 13.7. The van der Waals surface area contributed by atoms with Crippen molar-refractivity contribution >= 4 is 5.97 Å². The van der Waals surface area contributed by atoms with Crippen LogP contribution < -0.4 is 5.32 Å². The molecule has 4 heteroatoms. The second-order valence-electron chi connectivity index (χ2n) is 5.89. The molecule has 0 amide bonds. The zero-order valence-corrected chi connectivity index (χ0v) is 12.4. The van der Waals surface area contributed by atoms with Crippen molar-refractivity contribution in [3.05, 3.63) is 0 Å². The van der Waals surface area contributed by atoms with Crippen LogP contribution in [0, 0.1) is 5.92 Å². The highest BCUT2D eigenvalue weighted by molar-refractivity contribution is 5.76. The molecule has 1 rings (SSSR count). The first-order valence-electron chi connectivity index (χ1n) is 7.02. The fourth-order valence-electron chi connectivity index (χ4n) is 2.10. The van der Waals surface area contributed by atoms with Crippen LogP contribution in [0.25, 0.3) is 0 Å². The summed E-state index contributed by atoms with van der Waals surface area (Å²) in [5, 5.41) is 3.29. The Morgan fingerprint density at radius 1 is 1.33 bits per heavy atom. The van der Waals surface area contributed by atoms with Crippen LogP contribution in [0.1, 0.15) is 40.5 Å². The predicted octanol–water partition coefficient (Wildman–Crippen LogP) is 1.65. The molecule has 1 aliphatic carbocycles. The fourth-order valence-corrected chi connectivity index (χ4v) is 2.10. The number of carbonyl (C=O) groups is 1. The molecule has 0 aromatic carbocycles. The van der Waals surface area contributed by atoms with Gasteiger partial charge in [-0.05, 0) is 32.6 Å². The normalized spacial score (nSPS) is 17.6. The third-order valence-electron chi connectivity index (χ3n) is 3.36. The van der Waals surface area contributed by atoms with Crippen LogP contribution >= 0.6 is 0 Å². The Bertz CT molecular complexity index is 263. The SMILES string of the molecule is COC(=O)C(CN(CC1CC1)C(C)C)NC(C)C. The monoisotopic (exact) mass is 256 g/mol. The van der Waals surface area contributed by atoms with E-state index in [0.29, 0.717) is 6.04 Å². The van der Waals surface area contributed by atoms with E-state index in [9.17, 15) is 4.79 Å². The number of hydrogen-bond acceptors (Lipinski definition) is 4. The molecule has 1 saturated carbocycles. The van der Waals surface area contributed by atoms with Crippen LogP contribution in [-0.2, 0) is 9.53 Å². The Hall–Kier alpha value is -0.610. The molecule has 0 aromatic rings. The molecule has 1 atom stereocenters. The van der Waals surface area contributed by atoms with Gasteiger partial charge in [-0.3, -0.25) is 9.69 Å². The first-order valence-corrected chi connectivity index (χ1v) is 7.02. The predicted molar refractivity (Wildman–Crippen MR) is 73.5 cm³/mol. The minimum atomic E-state index is -0.226. The van der Waals surface area contributed by atoms with E-state index in [4.69, 9.17) is 4.74 Å². The number of esters is 1. The second-order valence-corrected chi connectivity index (χ2v) is 5.89. The summed E-state index contributed by atoms with van der Waals surface area (Å²) in [6.45, 7) is 10.3. The van der Waals surface area contributed by atoms with E-state index in [1.165, 1.54) is 20.0 Å². The summed E-state index contributed by atoms with van der Waals surface area (Å²) >= 11 is 0. The van der Waals surface area contributed by atoms with E-state index in [1.54, 1.807) is 0 Å². The molecule has 0 saturated heterocycles. The quantitative estimate of drug-likeness (QED) is 0.671. The first-order chi connectivity index (χ1) is 8.43. The van der Waals surface area contributed by atoms with Gasteiger partial charge in [0.25, 0.3) is 0 Å². The van der Waals surface area contributed by atoms with Crippen LogP contribution in [0.5, 0.6) is 0 Å². The van der Waals surface area contributed by atoms with Gasteiger partial charge >= 0.3 is 5.97 Å². The molecule has 106 valence electrons. The lowest BCUT2D eigenvalue weighted by Gasteiger charge is -2.31. The smallest absolute Gasteiger partial charge is 0.324 e. The van der Waals surface area contributed by atoms with Gasteiger partial charge in [0.15, 0.2) is 0 Å². The average molecular weight is 256 g/mol. The number of hydrogen-bond donors (Lipinski definition) is 1. The molecule has 4 nitrogen and oxygen atoms in total. The van der Waals surface area contributed by atoms with Gasteiger partial charge in [0.1, 0.15) is 6.04 Å². The van der Waals surface area contributed by atoms with E-state index < -0.39 is 0 Å². The largest absolute Gasteiger partial charge is 0.468 e. The lowest BCUT2D eigenvalue weighted by atomic mass is 10.2. The van der Waals surface area contributed by atoms with Crippen LogP contribution in [-0.4, -0.2) is 49.2 Å². The average Bonchev–Trinajstić information content (AvgIpc) is 3.09. The Balaban J connectivity index is 2.56. The molecular weight excluding hydrogens is 228 g/mol. The Labute approximate surface area is 111 Å². The van der Waals surface area contributed by atoms with Crippen molar-refractivity contribution in [1.29, 1.82) is 0 Å². The third kappa shape index (κ3) is 5.36. The number of nitrogens with one attached hydrogen (secondary N) is 1. The molecule has 18 heavy (non-hydrogen) atoms. The van der Waals surface area contributed by atoms with Crippen molar-refractivity contribution in [2.45, 2.75) is 58.7 Å². The van der Waals surface area contributed by atoms with Crippen LogP contribution in [0.4, 0.5) is 0 Å². The van der Waals surface area contributed by atoms with Gasteiger partial charge in [-0.15, -0.1) is 0 Å². The molecule has 0 bridgehead atoms. The zero-order valence-electron chi connectivity index (χ0n) is 12.4. The number of rotatable bonds is 8. The highest BCUT2D eigenvalue weighted by Gasteiger charge is 2.29. The minimum absolute atomic E-state index is 0.162. The molecular formula is C14H28N2O2. The van der Waals surface area contributed by atoms with E-state index in [0.717, 1.165) is 19.0 Å². The van der Waals surface area contributed by atoms with E-state index >= 15 is 0 Å². The number of ether oxygens (including phenoxy) is 1. The lowest BCUT2D eigenvalue weighted by Crippen LogP contribution is -2.51. The van der Waals surface area contributed by atoms with Gasteiger partial charge in [-0.25, -0.2) is 0 Å². The Morgan fingerprint density at radius 2 is 1.94 bits per heavy atom. The molecule has 1 N–H and O–H groups in total. The molecule has 0 aliphatic heterocycles. The van der Waals surface area contributed by atoms with Crippen LogP contribution in [0.2, 0.25) is 0 Å². The molecule has 1 fully saturated rings. The highest BCUT2D eigenvalue weighted by Crippen LogP contribution is 2.30. The molecule has 0 aromatic heterocycles. The summed E-state index contributed by atoms with van der Waals surface area (Å²) in [5.74, 6) is 0.676. The maximum absolute atomic E-state index is 11.8. The standard InChI is InChI=1S/C14H28N2O2/c1-10(2)15-13(14(17)18-5)9-16(11(3)4)8-12-6-7-12/h10-13,15H,6-9H2,1-5H3. The van der Waals surface area contributed by atoms with E-state index in [1.807, 2.05) is 0 Å². The van der Waals surface area contributed by atoms with Gasteiger partial charge in [0, 0.05) is 25.2 Å². The molecule has 0 radical (unpaired) electrons.